The maximum Gasteiger partial charge on any atom is 0.252 e. The SMILES string of the molecule is Cc1cc(=O)[nH]c(NCCn2cnc(-c3ccccc3)c2C2CCOC2)n1. The third-order valence-corrected chi connectivity index (χ3v) is 4.76. The van der Waals surface area contributed by atoms with Gasteiger partial charge in [-0.25, -0.2) is 9.97 Å². The molecule has 0 radical (unpaired) electrons. The van der Waals surface area contributed by atoms with E-state index in [0.29, 0.717) is 24.1 Å². The minimum Gasteiger partial charge on any atom is -0.381 e. The Morgan fingerprint density at radius 1 is 1.33 bits per heavy atom. The van der Waals surface area contributed by atoms with Crippen molar-refractivity contribution in [3.05, 3.63) is 64.5 Å². The lowest BCUT2D eigenvalue weighted by atomic mass is 9.99. The predicted molar refractivity (Wildman–Crippen MR) is 104 cm³/mol. The van der Waals surface area contributed by atoms with Crippen molar-refractivity contribution in [2.45, 2.75) is 25.8 Å². The first-order valence-electron chi connectivity index (χ1n) is 9.21. The molecule has 3 aromatic rings. The first kappa shape index (κ1) is 17.5. The number of aryl methyl sites for hydroxylation is 1. The largest absolute Gasteiger partial charge is 0.381 e. The summed E-state index contributed by atoms with van der Waals surface area (Å²) < 4.78 is 7.80. The molecule has 1 atom stereocenters. The van der Waals surface area contributed by atoms with Gasteiger partial charge < -0.3 is 14.6 Å². The van der Waals surface area contributed by atoms with Crippen LogP contribution >= 0.6 is 0 Å². The van der Waals surface area contributed by atoms with Crippen molar-refractivity contribution in [2.75, 3.05) is 25.1 Å². The van der Waals surface area contributed by atoms with Crippen LogP contribution in [0.15, 0.2) is 47.5 Å². The van der Waals surface area contributed by atoms with E-state index in [1.807, 2.05) is 24.5 Å². The number of benzene rings is 1. The van der Waals surface area contributed by atoms with Crippen LogP contribution in [0.4, 0.5) is 5.95 Å². The summed E-state index contributed by atoms with van der Waals surface area (Å²) in [4.78, 5) is 23.3. The van der Waals surface area contributed by atoms with Gasteiger partial charge in [-0.05, 0) is 13.3 Å². The fraction of sp³-hybridized carbons (Fsp3) is 0.350. The predicted octanol–water partition coefficient (Wildman–Crippen LogP) is 2.56. The Hall–Kier alpha value is -2.93. The molecule has 7 heteroatoms. The van der Waals surface area contributed by atoms with Gasteiger partial charge in [-0.3, -0.25) is 9.78 Å². The summed E-state index contributed by atoms with van der Waals surface area (Å²) in [6.07, 6.45) is 2.90. The summed E-state index contributed by atoms with van der Waals surface area (Å²) in [5.74, 6) is 0.841. The fourth-order valence-corrected chi connectivity index (χ4v) is 3.52. The molecular weight excluding hydrogens is 342 g/mol. The van der Waals surface area contributed by atoms with E-state index in [4.69, 9.17) is 9.72 Å². The van der Waals surface area contributed by atoms with Crippen LogP contribution in [-0.2, 0) is 11.3 Å². The molecular formula is C20H23N5O2. The molecule has 1 saturated heterocycles. The lowest BCUT2D eigenvalue weighted by Gasteiger charge is -2.15. The number of rotatable bonds is 6. The number of nitrogens with zero attached hydrogens (tertiary/aromatic N) is 3. The Balaban J connectivity index is 1.55. The number of anilines is 1. The zero-order chi connectivity index (χ0) is 18.6. The lowest BCUT2D eigenvalue weighted by molar-refractivity contribution is 0.193. The van der Waals surface area contributed by atoms with E-state index in [1.54, 1.807) is 6.92 Å². The molecule has 2 N–H and O–H groups in total. The Morgan fingerprint density at radius 2 is 2.19 bits per heavy atom. The third kappa shape index (κ3) is 3.93. The molecule has 1 unspecified atom stereocenters. The molecule has 140 valence electrons. The molecule has 1 aromatic carbocycles. The summed E-state index contributed by atoms with van der Waals surface area (Å²) >= 11 is 0. The van der Waals surface area contributed by atoms with Gasteiger partial charge in [-0.15, -0.1) is 0 Å². The van der Waals surface area contributed by atoms with Crippen LogP contribution in [0.2, 0.25) is 0 Å². The minimum absolute atomic E-state index is 0.150. The Kier molecular flexibility index (Phi) is 5.02. The zero-order valence-electron chi connectivity index (χ0n) is 15.3. The number of aromatic nitrogens is 4. The number of hydrogen-bond acceptors (Lipinski definition) is 5. The van der Waals surface area contributed by atoms with Crippen LogP contribution in [-0.4, -0.2) is 39.3 Å². The smallest absolute Gasteiger partial charge is 0.252 e. The second kappa shape index (κ2) is 7.75. The van der Waals surface area contributed by atoms with Crippen molar-refractivity contribution in [2.24, 2.45) is 0 Å². The highest BCUT2D eigenvalue weighted by atomic mass is 16.5. The normalized spacial score (nSPS) is 16.6. The summed E-state index contributed by atoms with van der Waals surface area (Å²) in [6, 6.07) is 11.7. The Bertz CT molecular complexity index is 958. The molecule has 1 fully saturated rings. The lowest BCUT2D eigenvalue weighted by Crippen LogP contribution is -2.18. The minimum atomic E-state index is -0.150. The number of hydrogen-bond donors (Lipinski definition) is 2. The van der Waals surface area contributed by atoms with Gasteiger partial charge in [0.2, 0.25) is 5.95 Å². The topological polar surface area (TPSA) is 84.8 Å². The van der Waals surface area contributed by atoms with Gasteiger partial charge in [0, 0.05) is 42.9 Å². The number of nitrogens with one attached hydrogen (secondary N) is 2. The average molecular weight is 365 g/mol. The van der Waals surface area contributed by atoms with Crippen LogP contribution < -0.4 is 10.9 Å². The summed E-state index contributed by atoms with van der Waals surface area (Å²) in [5, 5.41) is 3.20. The highest BCUT2D eigenvalue weighted by Crippen LogP contribution is 2.33. The molecule has 0 aliphatic carbocycles. The molecule has 0 spiro atoms. The van der Waals surface area contributed by atoms with Gasteiger partial charge in [-0.2, -0.15) is 0 Å². The van der Waals surface area contributed by atoms with Crippen LogP contribution in [0, 0.1) is 6.92 Å². The van der Waals surface area contributed by atoms with Gasteiger partial charge in [0.1, 0.15) is 0 Å². The molecule has 0 saturated carbocycles. The van der Waals surface area contributed by atoms with Crippen molar-refractivity contribution in [3.63, 3.8) is 0 Å². The molecule has 4 rings (SSSR count). The first-order chi connectivity index (χ1) is 13.2. The van der Waals surface area contributed by atoms with Crippen molar-refractivity contribution >= 4 is 5.95 Å². The van der Waals surface area contributed by atoms with Gasteiger partial charge in [0.15, 0.2) is 0 Å². The van der Waals surface area contributed by atoms with E-state index >= 15 is 0 Å². The van der Waals surface area contributed by atoms with E-state index in [0.717, 1.165) is 37.4 Å². The highest BCUT2D eigenvalue weighted by Gasteiger charge is 2.25. The number of ether oxygens (including phenoxy) is 1. The number of H-pyrrole nitrogens is 1. The van der Waals surface area contributed by atoms with Crippen molar-refractivity contribution in [1.82, 2.24) is 19.5 Å². The molecule has 1 aliphatic heterocycles. The van der Waals surface area contributed by atoms with Gasteiger partial charge in [0.05, 0.1) is 24.3 Å². The van der Waals surface area contributed by atoms with Crippen LogP contribution in [0.25, 0.3) is 11.3 Å². The quantitative estimate of drug-likeness (QED) is 0.701. The van der Waals surface area contributed by atoms with Crippen LogP contribution in [0.3, 0.4) is 0 Å². The molecule has 7 nitrogen and oxygen atoms in total. The number of aromatic amines is 1. The van der Waals surface area contributed by atoms with E-state index in [-0.39, 0.29) is 5.56 Å². The molecule has 3 heterocycles. The first-order valence-corrected chi connectivity index (χ1v) is 9.21. The van der Waals surface area contributed by atoms with Gasteiger partial charge in [0.25, 0.3) is 5.56 Å². The maximum absolute atomic E-state index is 11.6. The average Bonchev–Trinajstić information content (AvgIpc) is 3.31. The third-order valence-electron chi connectivity index (χ3n) is 4.76. The molecule has 27 heavy (non-hydrogen) atoms. The summed E-state index contributed by atoms with van der Waals surface area (Å²) in [6.45, 7) is 4.68. The second-order valence-electron chi connectivity index (χ2n) is 6.76. The van der Waals surface area contributed by atoms with Crippen LogP contribution in [0.1, 0.15) is 23.7 Å². The van der Waals surface area contributed by atoms with Crippen molar-refractivity contribution in [1.29, 1.82) is 0 Å². The Morgan fingerprint density at radius 3 is 2.93 bits per heavy atom. The molecule has 2 aromatic heterocycles. The van der Waals surface area contributed by atoms with E-state index in [9.17, 15) is 4.79 Å². The van der Waals surface area contributed by atoms with E-state index < -0.39 is 0 Å². The number of imidazole rings is 1. The summed E-state index contributed by atoms with van der Waals surface area (Å²) in [7, 11) is 0. The standard InChI is InChI=1S/C20H23N5O2/c1-14-11-17(26)24-20(23-14)21-8-9-25-13-22-18(15-5-3-2-4-6-15)19(25)16-7-10-27-12-16/h2-6,11,13,16H,7-10,12H2,1H3,(H2,21,23,24,26). The Labute approximate surface area is 157 Å². The molecule has 0 amide bonds. The van der Waals surface area contributed by atoms with E-state index in [1.165, 1.54) is 11.8 Å². The fourth-order valence-electron chi connectivity index (χ4n) is 3.52. The van der Waals surface area contributed by atoms with Gasteiger partial charge in [-0.1, -0.05) is 30.3 Å². The van der Waals surface area contributed by atoms with Crippen molar-refractivity contribution < 1.29 is 4.74 Å². The monoisotopic (exact) mass is 365 g/mol. The zero-order valence-corrected chi connectivity index (χ0v) is 15.3. The maximum atomic E-state index is 11.6. The van der Waals surface area contributed by atoms with Crippen molar-refractivity contribution in [3.8, 4) is 11.3 Å². The molecule has 0 bridgehead atoms. The van der Waals surface area contributed by atoms with Gasteiger partial charge >= 0.3 is 0 Å². The second-order valence-corrected chi connectivity index (χ2v) is 6.76. The highest BCUT2D eigenvalue weighted by molar-refractivity contribution is 5.62. The summed E-state index contributed by atoms with van der Waals surface area (Å²) in [5.41, 5.74) is 3.90. The van der Waals surface area contributed by atoms with E-state index in [2.05, 4.69) is 32.0 Å². The molecule has 1 aliphatic rings. The van der Waals surface area contributed by atoms with Crippen LogP contribution in [0.5, 0.6) is 0 Å².